The van der Waals surface area contributed by atoms with Crippen LogP contribution in [0, 0.1) is 6.92 Å². The van der Waals surface area contributed by atoms with Gasteiger partial charge in [-0.15, -0.1) is 0 Å². The van der Waals surface area contributed by atoms with Gasteiger partial charge in [-0.05, 0) is 45.8 Å². The highest BCUT2D eigenvalue weighted by Gasteiger charge is 2.17. The Morgan fingerprint density at radius 2 is 2.15 bits per heavy atom. The smallest absolute Gasteiger partial charge is 0.255 e. The molecule has 5 heteroatoms. The molecule has 0 spiro atoms. The number of nitrogens with zero attached hydrogens (tertiary/aromatic N) is 2. The molecule has 1 unspecified atom stereocenters. The van der Waals surface area contributed by atoms with Crippen molar-refractivity contribution in [2.75, 3.05) is 25.4 Å². The second-order valence-electron chi connectivity index (χ2n) is 5.65. The lowest BCUT2D eigenvalue weighted by Crippen LogP contribution is -2.43. The van der Waals surface area contributed by atoms with Crippen LogP contribution in [0.3, 0.4) is 0 Å². The molecular formula is C15H24N4O. The quantitative estimate of drug-likeness (QED) is 0.876. The third kappa shape index (κ3) is 3.93. The molecule has 1 aromatic heterocycles. The molecule has 1 amide bonds. The fraction of sp³-hybridized carbons (Fsp3) is 0.600. The van der Waals surface area contributed by atoms with E-state index in [0.29, 0.717) is 11.3 Å². The minimum Gasteiger partial charge on any atom is -0.398 e. The van der Waals surface area contributed by atoms with Crippen molar-refractivity contribution in [2.45, 2.75) is 39.2 Å². The average molecular weight is 276 g/mol. The number of nitrogen functional groups attached to an aromatic ring is 1. The Labute approximate surface area is 120 Å². The maximum absolute atomic E-state index is 12.2. The standard InChI is InChI=1S/C15H24N4O/c1-11-8-14(16)13(9-17-11)15(20)18-12(2)10-19-6-4-3-5-7-19/h8-9,12H,3-7,10H2,1-2H3,(H2,16,17)(H,18,20). The Bertz CT molecular complexity index is 469. The van der Waals surface area contributed by atoms with Crippen LogP contribution in [0.4, 0.5) is 5.69 Å². The number of piperidine rings is 1. The molecule has 0 radical (unpaired) electrons. The molecule has 110 valence electrons. The first kappa shape index (κ1) is 14.8. The van der Waals surface area contributed by atoms with Crippen molar-refractivity contribution in [3.63, 3.8) is 0 Å². The van der Waals surface area contributed by atoms with E-state index in [1.165, 1.54) is 19.3 Å². The number of hydrogen-bond acceptors (Lipinski definition) is 4. The van der Waals surface area contributed by atoms with Gasteiger partial charge in [0.15, 0.2) is 0 Å². The zero-order valence-electron chi connectivity index (χ0n) is 12.4. The molecule has 1 aliphatic rings. The van der Waals surface area contributed by atoms with Crippen LogP contribution in [0.1, 0.15) is 42.2 Å². The predicted molar refractivity (Wildman–Crippen MR) is 80.6 cm³/mol. The number of hydrogen-bond donors (Lipinski definition) is 2. The van der Waals surface area contributed by atoms with Crippen LogP contribution in [-0.2, 0) is 0 Å². The van der Waals surface area contributed by atoms with E-state index in [0.717, 1.165) is 25.3 Å². The summed E-state index contributed by atoms with van der Waals surface area (Å²) in [5.41, 5.74) is 7.64. The largest absolute Gasteiger partial charge is 0.398 e. The van der Waals surface area contributed by atoms with Crippen molar-refractivity contribution >= 4 is 11.6 Å². The van der Waals surface area contributed by atoms with E-state index in [9.17, 15) is 4.79 Å². The van der Waals surface area contributed by atoms with Gasteiger partial charge in [-0.3, -0.25) is 9.78 Å². The number of pyridine rings is 1. The van der Waals surface area contributed by atoms with Gasteiger partial charge in [0.2, 0.25) is 0 Å². The third-order valence-electron chi connectivity index (χ3n) is 3.68. The van der Waals surface area contributed by atoms with Crippen LogP contribution in [0.5, 0.6) is 0 Å². The highest BCUT2D eigenvalue weighted by atomic mass is 16.1. The van der Waals surface area contributed by atoms with Gasteiger partial charge in [0.25, 0.3) is 5.91 Å². The van der Waals surface area contributed by atoms with Crippen LogP contribution in [0.15, 0.2) is 12.3 Å². The SMILES string of the molecule is Cc1cc(N)c(C(=O)NC(C)CN2CCCCC2)cn1. The maximum Gasteiger partial charge on any atom is 0.255 e. The van der Waals surface area contributed by atoms with E-state index >= 15 is 0 Å². The molecule has 0 aromatic carbocycles. The van der Waals surface area contributed by atoms with Gasteiger partial charge in [0, 0.05) is 30.2 Å². The lowest BCUT2D eigenvalue weighted by molar-refractivity contribution is 0.0926. The molecule has 2 rings (SSSR count). The van der Waals surface area contributed by atoms with E-state index in [1.54, 1.807) is 12.3 Å². The summed E-state index contributed by atoms with van der Waals surface area (Å²) in [4.78, 5) is 18.7. The normalized spacial score (nSPS) is 17.7. The lowest BCUT2D eigenvalue weighted by atomic mass is 10.1. The number of nitrogens with two attached hydrogens (primary N) is 1. The predicted octanol–water partition coefficient (Wildman–Crippen LogP) is 1.58. The van der Waals surface area contributed by atoms with E-state index in [-0.39, 0.29) is 11.9 Å². The molecule has 0 aliphatic carbocycles. The molecule has 0 saturated carbocycles. The number of carbonyl (C=O) groups excluding carboxylic acids is 1. The Balaban J connectivity index is 1.89. The van der Waals surface area contributed by atoms with E-state index < -0.39 is 0 Å². The van der Waals surface area contributed by atoms with Gasteiger partial charge in [-0.2, -0.15) is 0 Å². The van der Waals surface area contributed by atoms with Crippen molar-refractivity contribution in [2.24, 2.45) is 0 Å². The first-order valence-electron chi connectivity index (χ1n) is 7.31. The van der Waals surface area contributed by atoms with Gasteiger partial charge in [0.05, 0.1) is 5.56 Å². The topological polar surface area (TPSA) is 71.2 Å². The Hall–Kier alpha value is -1.62. The number of rotatable bonds is 4. The third-order valence-corrected chi connectivity index (χ3v) is 3.68. The molecule has 5 nitrogen and oxygen atoms in total. The zero-order valence-corrected chi connectivity index (χ0v) is 12.4. The highest BCUT2D eigenvalue weighted by molar-refractivity contribution is 5.98. The molecule has 1 atom stereocenters. The minimum atomic E-state index is -0.139. The van der Waals surface area contributed by atoms with Gasteiger partial charge < -0.3 is 16.0 Å². The average Bonchev–Trinajstić information content (AvgIpc) is 2.39. The first-order chi connectivity index (χ1) is 9.56. The van der Waals surface area contributed by atoms with Crippen LogP contribution >= 0.6 is 0 Å². The number of nitrogens with one attached hydrogen (secondary N) is 1. The summed E-state index contributed by atoms with van der Waals surface area (Å²) in [6.07, 6.45) is 5.39. The maximum atomic E-state index is 12.2. The summed E-state index contributed by atoms with van der Waals surface area (Å²) in [6.45, 7) is 7.05. The summed E-state index contributed by atoms with van der Waals surface area (Å²) < 4.78 is 0. The fourth-order valence-electron chi connectivity index (χ4n) is 2.65. The zero-order chi connectivity index (χ0) is 14.5. The van der Waals surface area contributed by atoms with Crippen molar-refractivity contribution in [1.82, 2.24) is 15.2 Å². The van der Waals surface area contributed by atoms with Crippen molar-refractivity contribution < 1.29 is 4.79 Å². The Morgan fingerprint density at radius 3 is 2.80 bits per heavy atom. The lowest BCUT2D eigenvalue weighted by Gasteiger charge is -2.29. The second kappa shape index (κ2) is 6.70. The Morgan fingerprint density at radius 1 is 1.45 bits per heavy atom. The number of aryl methyl sites for hydroxylation is 1. The number of aromatic nitrogens is 1. The molecule has 1 aliphatic heterocycles. The summed E-state index contributed by atoms with van der Waals surface area (Å²) in [6, 6.07) is 1.84. The van der Waals surface area contributed by atoms with E-state index in [1.807, 2.05) is 13.8 Å². The van der Waals surface area contributed by atoms with Gasteiger partial charge in [0.1, 0.15) is 0 Å². The number of likely N-dealkylation sites (tertiary alicyclic amines) is 1. The number of anilines is 1. The van der Waals surface area contributed by atoms with Crippen LogP contribution < -0.4 is 11.1 Å². The first-order valence-corrected chi connectivity index (χ1v) is 7.31. The molecule has 20 heavy (non-hydrogen) atoms. The van der Waals surface area contributed by atoms with Crippen LogP contribution in [0.25, 0.3) is 0 Å². The van der Waals surface area contributed by atoms with Gasteiger partial charge in [-0.1, -0.05) is 6.42 Å². The minimum absolute atomic E-state index is 0.112. The second-order valence-corrected chi connectivity index (χ2v) is 5.65. The summed E-state index contributed by atoms with van der Waals surface area (Å²) in [7, 11) is 0. The summed E-state index contributed by atoms with van der Waals surface area (Å²) >= 11 is 0. The Kier molecular flexibility index (Phi) is 4.95. The summed E-state index contributed by atoms with van der Waals surface area (Å²) in [5.74, 6) is -0.139. The molecule has 1 saturated heterocycles. The van der Waals surface area contributed by atoms with Crippen molar-refractivity contribution in [3.8, 4) is 0 Å². The van der Waals surface area contributed by atoms with Gasteiger partial charge in [-0.25, -0.2) is 0 Å². The molecule has 1 aromatic rings. The number of carbonyl (C=O) groups is 1. The summed E-state index contributed by atoms with van der Waals surface area (Å²) in [5, 5.41) is 3.00. The van der Waals surface area contributed by atoms with Crippen molar-refractivity contribution in [1.29, 1.82) is 0 Å². The molecule has 2 heterocycles. The highest BCUT2D eigenvalue weighted by Crippen LogP contribution is 2.12. The molecule has 0 bridgehead atoms. The monoisotopic (exact) mass is 276 g/mol. The fourth-order valence-corrected chi connectivity index (χ4v) is 2.65. The van der Waals surface area contributed by atoms with Crippen molar-refractivity contribution in [3.05, 3.63) is 23.5 Å². The number of amides is 1. The van der Waals surface area contributed by atoms with Crippen LogP contribution in [0.2, 0.25) is 0 Å². The van der Waals surface area contributed by atoms with E-state index in [2.05, 4.69) is 15.2 Å². The van der Waals surface area contributed by atoms with Crippen LogP contribution in [-0.4, -0.2) is 41.5 Å². The molecular weight excluding hydrogens is 252 g/mol. The van der Waals surface area contributed by atoms with E-state index in [4.69, 9.17) is 5.73 Å². The molecule has 3 N–H and O–H groups in total. The molecule has 1 fully saturated rings. The van der Waals surface area contributed by atoms with Gasteiger partial charge >= 0.3 is 0 Å².